The van der Waals surface area contributed by atoms with E-state index >= 15 is 0 Å². The summed E-state index contributed by atoms with van der Waals surface area (Å²) in [6, 6.07) is 3.93. The number of nitrogens with one attached hydrogen (secondary N) is 2. The van der Waals surface area contributed by atoms with Crippen LogP contribution in [0.25, 0.3) is 15.8 Å². The lowest BCUT2D eigenvalue weighted by Crippen LogP contribution is -2.24. The molecular weight excluding hydrogens is 336 g/mol. The standard InChI is InChI=1S/C17H18N6OS/c1-9-8-13(23-22-9)19-16-12-6-7-25-17(12)21-15(20-16)11-4-2-10(3-5-11)14(18)24/h4,6-8,10H,2-3,5H2,1H3,(H2,18,24)(H2,19,20,21,22,23). The minimum Gasteiger partial charge on any atom is -0.369 e. The van der Waals surface area contributed by atoms with E-state index in [9.17, 15) is 4.79 Å². The van der Waals surface area contributed by atoms with Crippen molar-refractivity contribution in [3.8, 4) is 0 Å². The van der Waals surface area contributed by atoms with Crippen molar-refractivity contribution >= 4 is 44.7 Å². The zero-order valence-corrected chi connectivity index (χ0v) is 14.6. The molecular formula is C17H18N6OS. The van der Waals surface area contributed by atoms with Crippen LogP contribution in [-0.2, 0) is 4.79 Å². The molecule has 1 aliphatic carbocycles. The Balaban J connectivity index is 1.69. The molecule has 1 atom stereocenters. The van der Waals surface area contributed by atoms with Crippen LogP contribution in [0.5, 0.6) is 0 Å². The van der Waals surface area contributed by atoms with Crippen LogP contribution in [-0.4, -0.2) is 26.1 Å². The molecule has 3 aromatic heterocycles. The number of hydrogen-bond acceptors (Lipinski definition) is 6. The highest BCUT2D eigenvalue weighted by Crippen LogP contribution is 2.33. The number of thiophene rings is 1. The van der Waals surface area contributed by atoms with E-state index < -0.39 is 0 Å². The van der Waals surface area contributed by atoms with Gasteiger partial charge in [0.1, 0.15) is 10.6 Å². The number of primary amides is 1. The highest BCUT2D eigenvalue weighted by Gasteiger charge is 2.22. The largest absolute Gasteiger partial charge is 0.369 e. The predicted molar refractivity (Wildman–Crippen MR) is 98.5 cm³/mol. The number of carbonyl (C=O) groups excluding carboxylic acids is 1. The molecule has 8 heteroatoms. The lowest BCUT2D eigenvalue weighted by Gasteiger charge is -2.18. The van der Waals surface area contributed by atoms with E-state index in [0.717, 1.165) is 46.0 Å². The van der Waals surface area contributed by atoms with Gasteiger partial charge >= 0.3 is 0 Å². The van der Waals surface area contributed by atoms with Crippen molar-refractivity contribution in [1.82, 2.24) is 20.2 Å². The number of aromatic amines is 1. The number of H-pyrrole nitrogens is 1. The van der Waals surface area contributed by atoms with E-state index in [0.29, 0.717) is 12.2 Å². The van der Waals surface area contributed by atoms with Crippen molar-refractivity contribution in [2.45, 2.75) is 26.2 Å². The Kier molecular flexibility index (Phi) is 3.96. The molecule has 0 aromatic carbocycles. The van der Waals surface area contributed by atoms with Crippen molar-refractivity contribution in [1.29, 1.82) is 0 Å². The Labute approximate surface area is 148 Å². The molecule has 4 rings (SSSR count). The van der Waals surface area contributed by atoms with Crippen LogP contribution in [0.15, 0.2) is 23.6 Å². The van der Waals surface area contributed by atoms with Gasteiger partial charge in [0.05, 0.1) is 5.39 Å². The first-order valence-electron chi connectivity index (χ1n) is 8.13. The first-order valence-corrected chi connectivity index (χ1v) is 9.01. The summed E-state index contributed by atoms with van der Waals surface area (Å²) in [7, 11) is 0. The van der Waals surface area contributed by atoms with Crippen LogP contribution in [0, 0.1) is 12.8 Å². The van der Waals surface area contributed by atoms with Crippen LogP contribution >= 0.6 is 11.3 Å². The molecule has 3 heterocycles. The highest BCUT2D eigenvalue weighted by molar-refractivity contribution is 7.16. The fourth-order valence-corrected chi connectivity index (χ4v) is 3.76. The third-order valence-electron chi connectivity index (χ3n) is 4.38. The average Bonchev–Trinajstić information content (AvgIpc) is 3.23. The molecule has 0 aliphatic heterocycles. The normalized spacial score (nSPS) is 17.5. The fourth-order valence-electron chi connectivity index (χ4n) is 2.99. The maximum Gasteiger partial charge on any atom is 0.220 e. The molecule has 0 saturated heterocycles. The lowest BCUT2D eigenvalue weighted by molar-refractivity contribution is -0.121. The molecule has 1 unspecified atom stereocenters. The molecule has 25 heavy (non-hydrogen) atoms. The van der Waals surface area contributed by atoms with Gasteiger partial charge in [0, 0.05) is 17.7 Å². The number of fused-ring (bicyclic) bond motifs is 1. The van der Waals surface area contributed by atoms with Crippen LogP contribution in [0.3, 0.4) is 0 Å². The summed E-state index contributed by atoms with van der Waals surface area (Å²) in [6.45, 7) is 1.95. The quantitative estimate of drug-likeness (QED) is 0.667. The number of allylic oxidation sites excluding steroid dienone is 2. The van der Waals surface area contributed by atoms with Crippen LogP contribution < -0.4 is 11.1 Å². The smallest absolute Gasteiger partial charge is 0.220 e. The second kappa shape index (κ2) is 6.29. The molecule has 0 saturated carbocycles. The van der Waals surface area contributed by atoms with Crippen molar-refractivity contribution in [3.05, 3.63) is 35.1 Å². The Morgan fingerprint density at radius 3 is 3.00 bits per heavy atom. The Hall–Kier alpha value is -2.74. The highest BCUT2D eigenvalue weighted by atomic mass is 32.1. The number of carbonyl (C=O) groups is 1. The Morgan fingerprint density at radius 2 is 2.32 bits per heavy atom. The first kappa shape index (κ1) is 15.8. The molecule has 0 spiro atoms. The van der Waals surface area contributed by atoms with E-state index in [2.05, 4.69) is 15.5 Å². The molecule has 0 radical (unpaired) electrons. The number of aryl methyl sites for hydroxylation is 1. The second-order valence-electron chi connectivity index (χ2n) is 6.20. The molecule has 1 aliphatic rings. The van der Waals surface area contributed by atoms with Crippen molar-refractivity contribution in [3.63, 3.8) is 0 Å². The van der Waals surface area contributed by atoms with Crippen LogP contribution in [0.4, 0.5) is 11.6 Å². The molecule has 128 valence electrons. The molecule has 0 fully saturated rings. The van der Waals surface area contributed by atoms with Gasteiger partial charge in [-0.1, -0.05) is 6.08 Å². The van der Waals surface area contributed by atoms with Gasteiger partial charge in [-0.05, 0) is 43.2 Å². The number of anilines is 2. The number of rotatable bonds is 4. The van der Waals surface area contributed by atoms with Gasteiger partial charge < -0.3 is 11.1 Å². The zero-order valence-electron chi connectivity index (χ0n) is 13.7. The first-order chi connectivity index (χ1) is 12.1. The molecule has 1 amide bonds. The Bertz CT molecular complexity index is 973. The van der Waals surface area contributed by atoms with E-state index in [1.54, 1.807) is 11.3 Å². The zero-order chi connectivity index (χ0) is 17.4. The van der Waals surface area contributed by atoms with Crippen LogP contribution in [0.1, 0.15) is 30.8 Å². The van der Waals surface area contributed by atoms with E-state index in [-0.39, 0.29) is 11.8 Å². The second-order valence-corrected chi connectivity index (χ2v) is 7.09. The van der Waals surface area contributed by atoms with Gasteiger partial charge in [-0.15, -0.1) is 11.3 Å². The molecule has 7 nitrogen and oxygen atoms in total. The van der Waals surface area contributed by atoms with Gasteiger partial charge in [0.15, 0.2) is 11.6 Å². The van der Waals surface area contributed by atoms with Gasteiger partial charge in [-0.3, -0.25) is 9.89 Å². The number of amides is 1. The summed E-state index contributed by atoms with van der Waals surface area (Å²) in [6.07, 6.45) is 4.19. The Morgan fingerprint density at radius 1 is 1.44 bits per heavy atom. The SMILES string of the molecule is Cc1cc(Nc2nc(C3=CCC(C(N)=O)CC3)nc3sccc23)n[nH]1. The van der Waals surface area contributed by atoms with Crippen molar-refractivity contribution in [2.24, 2.45) is 11.7 Å². The number of aromatic nitrogens is 4. The predicted octanol–water partition coefficient (Wildman–Crippen LogP) is 3.14. The minimum atomic E-state index is -0.235. The maximum absolute atomic E-state index is 11.3. The van der Waals surface area contributed by atoms with Crippen LogP contribution in [0.2, 0.25) is 0 Å². The number of nitrogens with two attached hydrogens (primary N) is 1. The summed E-state index contributed by atoms with van der Waals surface area (Å²) >= 11 is 1.58. The van der Waals surface area contributed by atoms with Crippen molar-refractivity contribution < 1.29 is 4.79 Å². The van der Waals surface area contributed by atoms with Gasteiger partial charge in [0.2, 0.25) is 5.91 Å². The summed E-state index contributed by atoms with van der Waals surface area (Å²) in [5, 5.41) is 13.4. The summed E-state index contributed by atoms with van der Waals surface area (Å²) < 4.78 is 0. The fraction of sp³-hybridized carbons (Fsp3) is 0.294. The number of hydrogen-bond donors (Lipinski definition) is 3. The monoisotopic (exact) mass is 354 g/mol. The van der Waals surface area contributed by atoms with E-state index in [4.69, 9.17) is 15.7 Å². The summed E-state index contributed by atoms with van der Waals surface area (Å²) in [4.78, 5) is 21.7. The maximum atomic E-state index is 11.3. The number of nitrogens with zero attached hydrogens (tertiary/aromatic N) is 3. The topological polar surface area (TPSA) is 110 Å². The molecule has 3 aromatic rings. The van der Waals surface area contributed by atoms with E-state index in [1.165, 1.54) is 0 Å². The third-order valence-corrected chi connectivity index (χ3v) is 5.18. The summed E-state index contributed by atoms with van der Waals surface area (Å²) in [5.74, 6) is 1.85. The van der Waals surface area contributed by atoms with Crippen molar-refractivity contribution in [2.75, 3.05) is 5.32 Å². The third kappa shape index (κ3) is 3.12. The molecule has 4 N–H and O–H groups in total. The van der Waals surface area contributed by atoms with E-state index in [1.807, 2.05) is 30.5 Å². The molecule has 0 bridgehead atoms. The average molecular weight is 354 g/mol. The van der Waals surface area contributed by atoms with Gasteiger partial charge in [-0.25, -0.2) is 9.97 Å². The van der Waals surface area contributed by atoms with Gasteiger partial charge in [0.25, 0.3) is 0 Å². The van der Waals surface area contributed by atoms with Gasteiger partial charge in [-0.2, -0.15) is 5.10 Å². The minimum absolute atomic E-state index is 0.0844. The summed E-state index contributed by atoms with van der Waals surface area (Å²) in [5.41, 5.74) is 7.45. The lowest BCUT2D eigenvalue weighted by atomic mass is 9.89.